The molecule has 0 aliphatic rings. The molecule has 0 heterocycles. The van der Waals surface area contributed by atoms with E-state index in [2.05, 4.69) is 19.9 Å². The van der Waals surface area contributed by atoms with E-state index in [0.717, 1.165) is 0 Å². The van der Waals surface area contributed by atoms with Gasteiger partial charge in [-0.2, -0.15) is 8.78 Å². The number of amides is 1. The Morgan fingerprint density at radius 3 is 2.52 bits per heavy atom. The van der Waals surface area contributed by atoms with Crippen LogP contribution >= 0.6 is 0 Å². The number of hydrogen-bond donors (Lipinski definition) is 1. The highest BCUT2D eigenvalue weighted by molar-refractivity contribution is 6.01. The predicted molar refractivity (Wildman–Crippen MR) is 93.0 cm³/mol. The monoisotopic (exact) mass is 378 g/mol. The third kappa shape index (κ3) is 6.38. The maximum Gasteiger partial charge on any atom is 0.387 e. The summed E-state index contributed by atoms with van der Waals surface area (Å²) in [6, 6.07) is 12.1. The summed E-state index contributed by atoms with van der Waals surface area (Å²) in [4.78, 5) is 28.4. The molecule has 0 aromatic heterocycles. The molecule has 0 aliphatic carbocycles. The van der Waals surface area contributed by atoms with E-state index in [0.29, 0.717) is 5.56 Å². The molecule has 7 nitrogen and oxygen atoms in total. The first-order valence-electron chi connectivity index (χ1n) is 7.67. The van der Waals surface area contributed by atoms with Gasteiger partial charge in [-0.05, 0) is 42.0 Å². The summed E-state index contributed by atoms with van der Waals surface area (Å²) in [5.41, 5.74) is 1.06. The van der Waals surface area contributed by atoms with Crippen LogP contribution in [0.4, 0.5) is 14.5 Å². The molecule has 0 atom stereocenters. The van der Waals surface area contributed by atoms with E-state index in [9.17, 15) is 18.4 Å². The topological polar surface area (TPSA) is 86.2 Å². The van der Waals surface area contributed by atoms with Gasteiger partial charge >= 0.3 is 12.6 Å². The lowest BCUT2D eigenvalue weighted by Gasteiger charge is -2.08. The van der Waals surface area contributed by atoms with Crippen LogP contribution in [0.1, 0.15) is 15.9 Å². The van der Waals surface area contributed by atoms with Crippen LogP contribution in [0.25, 0.3) is 0 Å². The van der Waals surface area contributed by atoms with Crippen molar-refractivity contribution in [1.82, 2.24) is 0 Å². The average Bonchev–Trinajstić information content (AvgIpc) is 2.66. The van der Waals surface area contributed by atoms with Gasteiger partial charge in [-0.3, -0.25) is 4.79 Å². The van der Waals surface area contributed by atoms with Gasteiger partial charge in [-0.15, -0.1) is 0 Å². The molecule has 0 fully saturated rings. The van der Waals surface area contributed by atoms with Crippen molar-refractivity contribution in [2.45, 2.75) is 6.61 Å². The average molecular weight is 378 g/mol. The number of carbonyl (C=O) groups is 2. The lowest BCUT2D eigenvalue weighted by molar-refractivity contribution is -0.120. The minimum atomic E-state index is -2.89. The quantitative estimate of drug-likeness (QED) is 0.433. The number of carbonyl (C=O) groups excluding carboxylic acids is 2. The Morgan fingerprint density at radius 2 is 1.85 bits per heavy atom. The Kier molecular flexibility index (Phi) is 7.24. The second-order valence-corrected chi connectivity index (χ2v) is 5.04. The van der Waals surface area contributed by atoms with Crippen LogP contribution in [-0.2, 0) is 14.4 Å². The first-order valence-corrected chi connectivity index (χ1v) is 7.67. The fraction of sp³-hybridized carbons (Fsp3) is 0.167. The molecule has 2 aromatic carbocycles. The first-order chi connectivity index (χ1) is 13.0. The third-order valence-electron chi connectivity index (χ3n) is 3.18. The van der Waals surface area contributed by atoms with Crippen LogP contribution in [0.2, 0.25) is 0 Å². The summed E-state index contributed by atoms with van der Waals surface area (Å²) >= 11 is 0. The Hall–Kier alpha value is -3.49. The number of benzene rings is 2. The van der Waals surface area contributed by atoms with Crippen molar-refractivity contribution >= 4 is 23.8 Å². The van der Waals surface area contributed by atoms with Crippen LogP contribution in [0, 0.1) is 0 Å². The number of alkyl halides is 2. The van der Waals surface area contributed by atoms with Gasteiger partial charge in [0.05, 0.1) is 24.6 Å². The molecule has 2 rings (SSSR count). The molecule has 0 bridgehead atoms. The summed E-state index contributed by atoms with van der Waals surface area (Å²) in [7, 11) is 1.24. The molecule has 0 saturated carbocycles. The fourth-order valence-electron chi connectivity index (χ4n) is 2.00. The summed E-state index contributed by atoms with van der Waals surface area (Å²) in [5.74, 6) is -1.08. The second kappa shape index (κ2) is 9.85. The summed E-state index contributed by atoms with van der Waals surface area (Å²) in [6.45, 7) is -3.28. The van der Waals surface area contributed by atoms with Gasteiger partial charge in [0, 0.05) is 0 Å². The maximum atomic E-state index is 12.1. The van der Waals surface area contributed by atoms with E-state index < -0.39 is 25.1 Å². The molecule has 0 saturated heterocycles. The Morgan fingerprint density at radius 1 is 1.15 bits per heavy atom. The molecule has 2 aromatic rings. The minimum Gasteiger partial charge on any atom is -0.465 e. The standard InChI is InChI=1S/C18H16F2N2O5/c1-25-17(24)14-4-2-3-5-15(14)22-16(23)11-26-21-10-12-6-8-13(9-7-12)27-18(19)20/h2-10,18H,11H2,1H3,(H,22,23)/b21-10-. The summed E-state index contributed by atoms with van der Waals surface area (Å²) in [6.07, 6.45) is 1.31. The number of nitrogens with one attached hydrogen (secondary N) is 1. The maximum absolute atomic E-state index is 12.1. The Balaban J connectivity index is 1.84. The van der Waals surface area contributed by atoms with Crippen molar-refractivity contribution in [1.29, 1.82) is 0 Å². The fourth-order valence-corrected chi connectivity index (χ4v) is 2.00. The van der Waals surface area contributed by atoms with E-state index in [1.807, 2.05) is 0 Å². The highest BCUT2D eigenvalue weighted by Crippen LogP contribution is 2.16. The molecule has 1 N–H and O–H groups in total. The molecule has 1 amide bonds. The molecule has 142 valence electrons. The molecule has 0 aliphatic heterocycles. The highest BCUT2D eigenvalue weighted by atomic mass is 19.3. The lowest BCUT2D eigenvalue weighted by atomic mass is 10.2. The summed E-state index contributed by atoms with van der Waals surface area (Å²) < 4.78 is 33.0. The second-order valence-electron chi connectivity index (χ2n) is 5.04. The van der Waals surface area contributed by atoms with Crippen molar-refractivity contribution in [2.24, 2.45) is 5.16 Å². The molecule has 9 heteroatoms. The zero-order valence-electron chi connectivity index (χ0n) is 14.2. The summed E-state index contributed by atoms with van der Waals surface area (Å²) in [5, 5.41) is 6.14. The van der Waals surface area contributed by atoms with Crippen molar-refractivity contribution in [3.05, 3.63) is 59.7 Å². The zero-order valence-corrected chi connectivity index (χ0v) is 14.2. The number of methoxy groups -OCH3 is 1. The normalized spacial score (nSPS) is 10.7. The molecule has 27 heavy (non-hydrogen) atoms. The lowest BCUT2D eigenvalue weighted by Crippen LogP contribution is -2.19. The molecule has 0 spiro atoms. The van der Waals surface area contributed by atoms with Crippen molar-refractivity contribution in [3.63, 3.8) is 0 Å². The number of para-hydroxylation sites is 1. The predicted octanol–water partition coefficient (Wildman–Crippen LogP) is 3.06. The number of nitrogens with zero attached hydrogens (tertiary/aromatic N) is 1. The number of halogens is 2. The van der Waals surface area contributed by atoms with E-state index in [1.165, 1.54) is 43.7 Å². The SMILES string of the molecule is COC(=O)c1ccccc1NC(=O)CO/N=C\c1ccc(OC(F)F)cc1. The zero-order chi connectivity index (χ0) is 19.6. The van der Waals surface area contributed by atoms with Gasteiger partial charge in [0.15, 0.2) is 6.61 Å². The highest BCUT2D eigenvalue weighted by Gasteiger charge is 2.13. The van der Waals surface area contributed by atoms with Gasteiger partial charge < -0.3 is 19.6 Å². The van der Waals surface area contributed by atoms with Crippen LogP contribution in [0.15, 0.2) is 53.7 Å². The third-order valence-corrected chi connectivity index (χ3v) is 3.18. The number of rotatable bonds is 8. The van der Waals surface area contributed by atoms with Crippen molar-refractivity contribution in [2.75, 3.05) is 19.0 Å². The van der Waals surface area contributed by atoms with E-state index in [4.69, 9.17) is 4.84 Å². The van der Waals surface area contributed by atoms with E-state index in [-0.39, 0.29) is 17.0 Å². The first kappa shape index (κ1) is 19.8. The number of anilines is 1. The molecule has 0 unspecified atom stereocenters. The van der Waals surface area contributed by atoms with Crippen LogP contribution in [0.3, 0.4) is 0 Å². The minimum absolute atomic E-state index is 0.0201. The molecular formula is C18H16F2N2O5. The Labute approximate surface area is 153 Å². The number of oxime groups is 1. The number of hydrogen-bond acceptors (Lipinski definition) is 6. The van der Waals surface area contributed by atoms with E-state index in [1.54, 1.807) is 18.2 Å². The largest absolute Gasteiger partial charge is 0.465 e. The van der Waals surface area contributed by atoms with Crippen LogP contribution < -0.4 is 10.1 Å². The molecular weight excluding hydrogens is 362 g/mol. The number of esters is 1. The van der Waals surface area contributed by atoms with Gasteiger partial charge in [0.1, 0.15) is 5.75 Å². The van der Waals surface area contributed by atoms with Gasteiger partial charge in [-0.25, -0.2) is 4.79 Å². The van der Waals surface area contributed by atoms with E-state index >= 15 is 0 Å². The molecule has 0 radical (unpaired) electrons. The van der Waals surface area contributed by atoms with Crippen LogP contribution in [0.5, 0.6) is 5.75 Å². The van der Waals surface area contributed by atoms with Crippen LogP contribution in [-0.4, -0.2) is 38.4 Å². The van der Waals surface area contributed by atoms with Gasteiger partial charge in [0.2, 0.25) is 0 Å². The smallest absolute Gasteiger partial charge is 0.387 e. The van der Waals surface area contributed by atoms with Gasteiger partial charge in [0.25, 0.3) is 5.91 Å². The number of ether oxygens (including phenoxy) is 2. The van der Waals surface area contributed by atoms with Gasteiger partial charge in [-0.1, -0.05) is 17.3 Å². The van der Waals surface area contributed by atoms with Crippen molar-refractivity contribution < 1.29 is 32.7 Å². The van der Waals surface area contributed by atoms with Crippen molar-refractivity contribution in [3.8, 4) is 5.75 Å². The Bertz CT molecular complexity index is 810.